The van der Waals surface area contributed by atoms with E-state index in [1.165, 1.54) is 12.1 Å². The second kappa shape index (κ2) is 9.78. The van der Waals surface area contributed by atoms with E-state index in [1.807, 2.05) is 26.8 Å². The molecule has 0 aliphatic carbocycles. The van der Waals surface area contributed by atoms with E-state index in [2.05, 4.69) is 10.3 Å². The highest BCUT2D eigenvalue weighted by Gasteiger charge is 2.22. The third kappa shape index (κ3) is 6.90. The van der Waals surface area contributed by atoms with Crippen molar-refractivity contribution in [3.05, 3.63) is 58.9 Å². The monoisotopic (exact) mass is 418 g/mol. The number of ether oxygens (including phenoxy) is 1. The summed E-state index contributed by atoms with van der Waals surface area (Å²) in [7, 11) is 0. The van der Waals surface area contributed by atoms with Crippen molar-refractivity contribution in [3.63, 3.8) is 0 Å². The summed E-state index contributed by atoms with van der Waals surface area (Å²) in [6, 6.07) is 7.97. The topological polar surface area (TPSA) is 68.3 Å². The van der Waals surface area contributed by atoms with Gasteiger partial charge in [-0.3, -0.25) is 14.6 Å². The van der Waals surface area contributed by atoms with Crippen molar-refractivity contribution in [2.45, 2.75) is 53.0 Å². The zero-order valence-electron chi connectivity index (χ0n) is 18.0. The molecule has 7 heteroatoms. The lowest BCUT2D eigenvalue weighted by Gasteiger charge is -2.17. The molecule has 2 rings (SSSR count). The second-order valence-corrected chi connectivity index (χ2v) is 7.91. The van der Waals surface area contributed by atoms with Crippen LogP contribution in [0.2, 0.25) is 0 Å². The zero-order chi connectivity index (χ0) is 22.5. The van der Waals surface area contributed by atoms with E-state index in [4.69, 9.17) is 4.74 Å². The van der Waals surface area contributed by atoms with E-state index < -0.39 is 12.5 Å². The van der Waals surface area contributed by atoms with Crippen molar-refractivity contribution in [1.82, 2.24) is 10.3 Å². The third-order valence-electron chi connectivity index (χ3n) is 4.61. The lowest BCUT2D eigenvalue weighted by molar-refractivity contribution is -0.121. The number of carbonyl (C=O) groups is 2. The van der Waals surface area contributed by atoms with Gasteiger partial charge in [0, 0.05) is 36.7 Å². The summed E-state index contributed by atoms with van der Waals surface area (Å²) in [4.78, 5) is 28.8. The van der Waals surface area contributed by atoms with Crippen LogP contribution in [-0.2, 0) is 11.2 Å². The number of hydrogen-bond donors (Lipinski definition) is 1. The van der Waals surface area contributed by atoms with E-state index in [0.29, 0.717) is 22.6 Å². The average molecular weight is 418 g/mol. The largest absolute Gasteiger partial charge is 0.487 e. The van der Waals surface area contributed by atoms with E-state index in [-0.39, 0.29) is 30.1 Å². The molecule has 162 valence electrons. The molecule has 1 atom stereocenters. The molecule has 1 aromatic carbocycles. The summed E-state index contributed by atoms with van der Waals surface area (Å²) in [5, 5.41) is 2.91. The van der Waals surface area contributed by atoms with Crippen LogP contribution < -0.4 is 10.1 Å². The Morgan fingerprint density at radius 1 is 1.17 bits per heavy atom. The van der Waals surface area contributed by atoms with Crippen molar-refractivity contribution in [2.24, 2.45) is 5.92 Å². The number of aromatic nitrogens is 1. The summed E-state index contributed by atoms with van der Waals surface area (Å²) < 4.78 is 31.1. The van der Waals surface area contributed by atoms with Gasteiger partial charge in [0.1, 0.15) is 11.5 Å². The number of alkyl halides is 2. The third-order valence-corrected chi connectivity index (χ3v) is 4.61. The molecule has 2 aromatic rings. The van der Waals surface area contributed by atoms with Crippen LogP contribution in [0.3, 0.4) is 0 Å². The zero-order valence-corrected chi connectivity index (χ0v) is 18.0. The van der Waals surface area contributed by atoms with E-state index in [9.17, 15) is 18.4 Å². The molecule has 1 unspecified atom stereocenters. The number of nitrogens with one attached hydrogen (secondary N) is 1. The average Bonchev–Trinajstić information content (AvgIpc) is 2.66. The molecule has 1 heterocycles. The Morgan fingerprint density at radius 3 is 2.47 bits per heavy atom. The first kappa shape index (κ1) is 23.4. The maximum atomic E-state index is 13.0. The lowest BCUT2D eigenvalue weighted by Crippen LogP contribution is -2.27. The molecule has 0 aliphatic rings. The Labute approximate surface area is 175 Å². The van der Waals surface area contributed by atoms with Gasteiger partial charge in [-0.15, -0.1) is 0 Å². The van der Waals surface area contributed by atoms with Crippen LogP contribution in [0.15, 0.2) is 36.5 Å². The number of aryl methyl sites for hydroxylation is 1. The van der Waals surface area contributed by atoms with Gasteiger partial charge in [-0.2, -0.15) is 0 Å². The van der Waals surface area contributed by atoms with Crippen molar-refractivity contribution >= 4 is 11.7 Å². The molecule has 1 aromatic heterocycles. The summed E-state index contributed by atoms with van der Waals surface area (Å²) in [6.07, 6.45) is 1.88. The van der Waals surface area contributed by atoms with Gasteiger partial charge in [-0.05, 0) is 55.3 Å². The minimum absolute atomic E-state index is 0.0636. The SMILES string of the molecule is Cc1cc(C(=O)NC(C)c2ccnc(CC(=O)C(C)C)c2)ccc1OCC(C)(F)F. The summed E-state index contributed by atoms with van der Waals surface area (Å²) in [5.41, 5.74) is 2.50. The van der Waals surface area contributed by atoms with Crippen molar-refractivity contribution in [3.8, 4) is 5.75 Å². The van der Waals surface area contributed by atoms with Gasteiger partial charge in [0.25, 0.3) is 11.8 Å². The minimum atomic E-state index is -2.93. The van der Waals surface area contributed by atoms with Crippen molar-refractivity contribution < 1.29 is 23.1 Å². The quantitative estimate of drug-likeness (QED) is 0.642. The molecule has 0 spiro atoms. The Hall–Kier alpha value is -2.83. The van der Waals surface area contributed by atoms with Gasteiger partial charge >= 0.3 is 0 Å². The van der Waals surface area contributed by atoms with E-state index in [0.717, 1.165) is 12.5 Å². The Morgan fingerprint density at radius 2 is 1.87 bits per heavy atom. The number of Topliss-reactive ketones (excluding diaryl/α,β-unsaturated/α-hetero) is 1. The number of rotatable bonds is 9. The van der Waals surface area contributed by atoms with Crippen LogP contribution in [0.1, 0.15) is 60.9 Å². The maximum Gasteiger partial charge on any atom is 0.278 e. The standard InChI is InChI=1S/C23H28F2N2O3/c1-14(2)20(28)12-19-11-17(8-9-26-19)16(4)27-22(29)18-6-7-21(15(3)10-18)30-13-23(5,24)25/h6-11,14,16H,12-13H2,1-5H3,(H,27,29). The highest BCUT2D eigenvalue weighted by atomic mass is 19.3. The van der Waals surface area contributed by atoms with Crippen LogP contribution in [0.25, 0.3) is 0 Å². The first-order valence-corrected chi connectivity index (χ1v) is 9.86. The number of nitrogens with zero attached hydrogens (tertiary/aromatic N) is 1. The Kier molecular flexibility index (Phi) is 7.65. The minimum Gasteiger partial charge on any atom is -0.487 e. The normalized spacial score (nSPS) is 12.5. The highest BCUT2D eigenvalue weighted by Crippen LogP contribution is 2.23. The molecule has 1 amide bonds. The number of halogens is 2. The molecule has 0 aliphatic heterocycles. The summed E-state index contributed by atoms with van der Waals surface area (Å²) in [5.74, 6) is -2.87. The fraction of sp³-hybridized carbons (Fsp3) is 0.435. The van der Waals surface area contributed by atoms with Gasteiger partial charge in [0.2, 0.25) is 0 Å². The number of hydrogen-bond acceptors (Lipinski definition) is 4. The molecule has 1 N–H and O–H groups in total. The van der Waals surface area contributed by atoms with Crippen LogP contribution in [0.4, 0.5) is 8.78 Å². The van der Waals surface area contributed by atoms with Gasteiger partial charge < -0.3 is 10.1 Å². The van der Waals surface area contributed by atoms with Crippen LogP contribution in [0.5, 0.6) is 5.75 Å². The van der Waals surface area contributed by atoms with Crippen LogP contribution in [0, 0.1) is 12.8 Å². The Balaban J connectivity index is 2.05. The van der Waals surface area contributed by atoms with Gasteiger partial charge in [-0.1, -0.05) is 13.8 Å². The summed E-state index contributed by atoms with van der Waals surface area (Å²) >= 11 is 0. The van der Waals surface area contributed by atoms with Gasteiger partial charge in [-0.25, -0.2) is 8.78 Å². The molecule has 0 radical (unpaired) electrons. The summed E-state index contributed by atoms with van der Waals surface area (Å²) in [6.45, 7) is 7.30. The van der Waals surface area contributed by atoms with Crippen LogP contribution >= 0.6 is 0 Å². The molecular formula is C23H28F2N2O3. The highest BCUT2D eigenvalue weighted by molar-refractivity contribution is 5.94. The van der Waals surface area contributed by atoms with Crippen LogP contribution in [-0.4, -0.2) is 29.2 Å². The van der Waals surface area contributed by atoms with E-state index >= 15 is 0 Å². The van der Waals surface area contributed by atoms with Crippen molar-refractivity contribution in [1.29, 1.82) is 0 Å². The molecule has 0 saturated heterocycles. The smallest absolute Gasteiger partial charge is 0.278 e. The second-order valence-electron chi connectivity index (χ2n) is 7.91. The number of carbonyl (C=O) groups excluding carboxylic acids is 2. The van der Waals surface area contributed by atoms with Gasteiger partial charge in [0.15, 0.2) is 6.61 Å². The fourth-order valence-corrected chi connectivity index (χ4v) is 2.77. The number of ketones is 1. The molecule has 5 nitrogen and oxygen atoms in total. The number of amides is 1. The number of benzene rings is 1. The maximum absolute atomic E-state index is 13.0. The molecular weight excluding hydrogens is 390 g/mol. The predicted molar refractivity (Wildman–Crippen MR) is 111 cm³/mol. The number of pyridine rings is 1. The predicted octanol–water partition coefficient (Wildman–Crippen LogP) is 4.68. The van der Waals surface area contributed by atoms with Gasteiger partial charge in [0.05, 0.1) is 6.04 Å². The first-order chi connectivity index (χ1) is 14.0. The lowest BCUT2D eigenvalue weighted by atomic mass is 10.0. The van der Waals surface area contributed by atoms with Crippen molar-refractivity contribution in [2.75, 3.05) is 6.61 Å². The Bertz CT molecular complexity index is 908. The fourth-order valence-electron chi connectivity index (χ4n) is 2.77. The van der Waals surface area contributed by atoms with E-state index in [1.54, 1.807) is 25.3 Å². The molecule has 0 saturated carbocycles. The molecule has 0 fully saturated rings. The molecule has 0 bridgehead atoms. The molecule has 30 heavy (non-hydrogen) atoms. The first-order valence-electron chi connectivity index (χ1n) is 9.86.